The van der Waals surface area contributed by atoms with Crippen molar-refractivity contribution in [3.8, 4) is 6.07 Å². The highest BCUT2D eigenvalue weighted by Crippen LogP contribution is 2.38. The molecule has 7 rings (SSSR count). The van der Waals surface area contributed by atoms with E-state index >= 15 is 0 Å². The molecule has 13 nitrogen and oxygen atoms in total. The number of likely N-dealkylation sites (tertiary alicyclic amines) is 1. The van der Waals surface area contributed by atoms with Gasteiger partial charge in [-0.15, -0.1) is 0 Å². The molecule has 2 saturated heterocycles. The summed E-state index contributed by atoms with van der Waals surface area (Å²) in [6.07, 6.45) is 7.31. The number of piperidine rings is 2. The van der Waals surface area contributed by atoms with Crippen LogP contribution in [0.2, 0.25) is 0 Å². The highest BCUT2D eigenvalue weighted by molar-refractivity contribution is 7.89. The Hall–Kier alpha value is -4.72. The topological polar surface area (TPSA) is 175 Å². The van der Waals surface area contributed by atoms with Crippen LogP contribution in [0.15, 0.2) is 47.5 Å². The largest absolute Gasteiger partial charge is 0.369 e. The number of nitrogens with zero attached hydrogens (tertiary/aromatic N) is 7. The van der Waals surface area contributed by atoms with Crippen LogP contribution in [0.4, 0.5) is 26.4 Å². The first-order valence-corrected chi connectivity index (χ1v) is 19.2. The molecule has 2 aromatic heterocycles. The zero-order chi connectivity index (χ0) is 36.6. The third-order valence-electron chi connectivity index (χ3n) is 10.6. The number of carbonyl (C=O) groups excluding carboxylic acids is 1. The summed E-state index contributed by atoms with van der Waals surface area (Å²) >= 11 is 0. The molecule has 3 aliphatic rings. The van der Waals surface area contributed by atoms with Gasteiger partial charge in [-0.2, -0.15) is 14.6 Å². The van der Waals surface area contributed by atoms with Crippen LogP contribution in [-0.2, 0) is 14.8 Å². The predicted molar refractivity (Wildman–Crippen MR) is 191 cm³/mol. The normalized spacial score (nSPS) is 23.3. The monoisotopic (exact) mass is 732 g/mol. The van der Waals surface area contributed by atoms with Gasteiger partial charge in [0.25, 0.3) is 0 Å². The number of primary amides is 1. The standard InChI is InChI=1S/C36H42F2N10O3S/c1-22-6-12-28(13-7-22)52(50,51)47-15-3-5-27(21-47)46-14-2-4-25(20-46)42-35-41-19-31-34(45-35)48(26-10-8-24(9-11-26)33(40)49)36(43-31)44-32-29(37)16-23(18-39)17-30(32)38/h6-7,12-13,16-17,19,24-27H,2-5,8-11,14-15,20-21H2,1H3,(H2,40,49)(H,43,44)(H,41,42,45)/t24?,25-,26?,27-/m1/s1. The summed E-state index contributed by atoms with van der Waals surface area (Å²) in [5, 5.41) is 15.4. The Morgan fingerprint density at radius 1 is 0.962 bits per heavy atom. The van der Waals surface area contributed by atoms with Crippen molar-refractivity contribution < 1.29 is 22.0 Å². The van der Waals surface area contributed by atoms with Gasteiger partial charge in [0.1, 0.15) is 11.2 Å². The lowest BCUT2D eigenvalue weighted by atomic mass is 9.85. The van der Waals surface area contributed by atoms with Crippen LogP contribution in [0.5, 0.6) is 0 Å². The van der Waals surface area contributed by atoms with Crippen LogP contribution in [0.25, 0.3) is 11.2 Å². The van der Waals surface area contributed by atoms with Gasteiger partial charge in [0.2, 0.25) is 27.8 Å². The number of hydrogen-bond acceptors (Lipinski definition) is 10. The lowest BCUT2D eigenvalue weighted by molar-refractivity contribution is -0.122. The van der Waals surface area contributed by atoms with E-state index in [-0.39, 0.29) is 41.5 Å². The van der Waals surface area contributed by atoms with Crippen LogP contribution in [0.1, 0.15) is 68.5 Å². The molecule has 1 amide bonds. The van der Waals surface area contributed by atoms with Gasteiger partial charge < -0.3 is 16.4 Å². The number of aromatic nitrogens is 4. The van der Waals surface area contributed by atoms with Gasteiger partial charge in [0.15, 0.2) is 17.3 Å². The number of sulfonamides is 1. The molecular formula is C36H42F2N10O3S. The van der Waals surface area contributed by atoms with Crippen molar-refractivity contribution in [3.05, 3.63) is 65.4 Å². The molecule has 4 heterocycles. The molecular weight excluding hydrogens is 691 g/mol. The Kier molecular flexibility index (Phi) is 10.1. The molecule has 4 aromatic rings. The molecule has 0 radical (unpaired) electrons. The number of halogens is 2. The number of amides is 1. The van der Waals surface area contributed by atoms with Crippen LogP contribution in [-0.4, -0.2) is 81.3 Å². The molecule has 1 saturated carbocycles. The van der Waals surface area contributed by atoms with E-state index in [1.54, 1.807) is 28.7 Å². The SMILES string of the molecule is Cc1ccc(S(=O)(=O)N2CCC[C@@H](N3CCC[C@@H](Nc4ncc5nc(Nc6c(F)cc(C#N)cc6F)n(C6CCC(C(N)=O)CC6)c5n4)C3)C2)cc1. The summed E-state index contributed by atoms with van der Waals surface area (Å²) in [6.45, 7) is 4.40. The van der Waals surface area contributed by atoms with Gasteiger partial charge in [-0.25, -0.2) is 27.2 Å². The summed E-state index contributed by atoms with van der Waals surface area (Å²) in [6, 6.07) is 10.5. The summed E-state index contributed by atoms with van der Waals surface area (Å²) in [7, 11) is -3.60. The minimum absolute atomic E-state index is 0.00269. The molecule has 1 aliphatic carbocycles. The number of nitrogens with one attached hydrogen (secondary N) is 2. The number of carbonyl (C=O) groups is 1. The quantitative estimate of drug-likeness (QED) is 0.213. The fourth-order valence-electron chi connectivity index (χ4n) is 7.82. The summed E-state index contributed by atoms with van der Waals surface area (Å²) < 4.78 is 60.4. The third kappa shape index (κ3) is 7.30. The number of benzene rings is 2. The Morgan fingerprint density at radius 3 is 2.37 bits per heavy atom. The van der Waals surface area contributed by atoms with Gasteiger partial charge in [-0.3, -0.25) is 14.3 Å². The van der Waals surface area contributed by atoms with Crippen molar-refractivity contribution in [2.24, 2.45) is 11.7 Å². The second-order valence-corrected chi connectivity index (χ2v) is 16.1. The highest BCUT2D eigenvalue weighted by Gasteiger charge is 2.35. The zero-order valence-electron chi connectivity index (χ0n) is 28.9. The number of aryl methyl sites for hydroxylation is 1. The molecule has 0 unspecified atom stereocenters. The fourth-order valence-corrected chi connectivity index (χ4v) is 9.33. The first-order valence-electron chi connectivity index (χ1n) is 17.8. The fraction of sp³-hybridized carbons (Fsp3) is 0.472. The van der Waals surface area contributed by atoms with E-state index in [2.05, 4.69) is 25.5 Å². The molecule has 2 aliphatic heterocycles. The average molecular weight is 733 g/mol. The molecule has 2 aromatic carbocycles. The Balaban J connectivity index is 1.11. The molecule has 0 spiro atoms. The second kappa shape index (κ2) is 14.7. The van der Waals surface area contributed by atoms with E-state index in [1.807, 2.05) is 23.6 Å². The minimum atomic E-state index is -3.60. The minimum Gasteiger partial charge on any atom is -0.369 e. The number of imidazole rings is 1. The molecule has 0 bridgehead atoms. The van der Waals surface area contributed by atoms with Gasteiger partial charge >= 0.3 is 0 Å². The predicted octanol–water partition coefficient (Wildman–Crippen LogP) is 4.97. The maximum absolute atomic E-state index is 15.0. The van der Waals surface area contributed by atoms with Gasteiger partial charge in [0.05, 0.1) is 22.7 Å². The van der Waals surface area contributed by atoms with Crippen molar-refractivity contribution in [3.63, 3.8) is 0 Å². The van der Waals surface area contributed by atoms with E-state index < -0.39 is 27.3 Å². The lowest BCUT2D eigenvalue weighted by Crippen LogP contribution is -2.54. The lowest BCUT2D eigenvalue weighted by Gasteiger charge is -2.42. The number of nitriles is 1. The Bertz CT molecular complexity index is 2090. The van der Waals surface area contributed by atoms with Crippen molar-refractivity contribution in [2.45, 2.75) is 81.3 Å². The molecule has 3 fully saturated rings. The smallest absolute Gasteiger partial charge is 0.243 e. The Morgan fingerprint density at radius 2 is 1.67 bits per heavy atom. The van der Waals surface area contributed by atoms with Crippen LogP contribution >= 0.6 is 0 Å². The van der Waals surface area contributed by atoms with Crippen LogP contribution < -0.4 is 16.4 Å². The average Bonchev–Trinajstić information content (AvgIpc) is 3.50. The van der Waals surface area contributed by atoms with Crippen molar-refractivity contribution in [1.82, 2.24) is 28.7 Å². The van der Waals surface area contributed by atoms with Crippen molar-refractivity contribution in [2.75, 3.05) is 36.8 Å². The Labute approximate surface area is 301 Å². The summed E-state index contributed by atoms with van der Waals surface area (Å²) in [5.41, 5.74) is 6.90. The molecule has 4 N–H and O–H groups in total. The molecule has 16 heteroatoms. The number of rotatable bonds is 9. The first kappa shape index (κ1) is 35.7. The molecule has 2 atom stereocenters. The first-order chi connectivity index (χ1) is 25.0. The van der Waals surface area contributed by atoms with Gasteiger partial charge in [-0.1, -0.05) is 17.7 Å². The number of anilines is 3. The van der Waals surface area contributed by atoms with Crippen LogP contribution in [0.3, 0.4) is 0 Å². The second-order valence-electron chi connectivity index (χ2n) is 14.1. The van der Waals surface area contributed by atoms with Crippen molar-refractivity contribution >= 4 is 44.7 Å². The molecule has 52 heavy (non-hydrogen) atoms. The van der Waals surface area contributed by atoms with E-state index in [9.17, 15) is 22.0 Å². The van der Waals surface area contributed by atoms with E-state index in [0.29, 0.717) is 67.3 Å². The number of nitrogens with two attached hydrogens (primary N) is 1. The highest BCUT2D eigenvalue weighted by atomic mass is 32.2. The van der Waals surface area contributed by atoms with Gasteiger partial charge in [-0.05, 0) is 89.1 Å². The summed E-state index contributed by atoms with van der Waals surface area (Å²) in [5.74, 6) is -1.93. The van der Waals surface area contributed by atoms with Crippen molar-refractivity contribution in [1.29, 1.82) is 5.26 Å². The zero-order valence-corrected chi connectivity index (χ0v) is 29.7. The van der Waals surface area contributed by atoms with E-state index in [4.69, 9.17) is 16.0 Å². The van der Waals surface area contributed by atoms with E-state index in [1.165, 1.54) is 0 Å². The van der Waals surface area contributed by atoms with E-state index in [0.717, 1.165) is 49.9 Å². The maximum atomic E-state index is 15.0. The third-order valence-corrected chi connectivity index (χ3v) is 12.5. The van der Waals surface area contributed by atoms with Gasteiger partial charge in [0, 0.05) is 43.7 Å². The number of hydrogen-bond donors (Lipinski definition) is 3. The van der Waals surface area contributed by atoms with Crippen LogP contribution in [0, 0.1) is 35.8 Å². The summed E-state index contributed by atoms with van der Waals surface area (Å²) in [4.78, 5) is 28.6. The number of fused-ring (bicyclic) bond motifs is 1. The maximum Gasteiger partial charge on any atom is 0.243 e. The molecule has 274 valence electrons.